The molecule has 1 amide bonds. The molecule has 0 bridgehead atoms. The largest absolute Gasteiger partial charge is 0.381 e. The Morgan fingerprint density at radius 3 is 2.77 bits per heavy atom. The number of nitrogens with zero attached hydrogens (tertiary/aromatic N) is 1. The molecule has 1 heterocycles. The molecule has 2 atom stereocenters. The van der Waals surface area contributed by atoms with Gasteiger partial charge in [0.15, 0.2) is 11.6 Å². The molecule has 1 aromatic carbocycles. The molecule has 2 fully saturated rings. The molecule has 1 spiro atoms. The number of methoxy groups -OCH3 is 1. The zero-order chi connectivity index (χ0) is 15.7. The lowest BCUT2D eigenvalue weighted by Gasteiger charge is -2.43. The maximum atomic E-state index is 13.4. The van der Waals surface area contributed by atoms with E-state index in [2.05, 4.69) is 0 Å². The first-order valence-electron chi connectivity index (χ1n) is 7.83. The zero-order valence-corrected chi connectivity index (χ0v) is 12.8. The third-order valence-electron chi connectivity index (χ3n) is 5.17. The molecule has 1 aromatic rings. The van der Waals surface area contributed by atoms with Gasteiger partial charge in [-0.15, -0.1) is 0 Å². The summed E-state index contributed by atoms with van der Waals surface area (Å²) >= 11 is 0. The minimum absolute atomic E-state index is 0.0290. The van der Waals surface area contributed by atoms with Gasteiger partial charge in [-0.05, 0) is 43.9 Å². The predicted octanol–water partition coefficient (Wildman–Crippen LogP) is 3.39. The van der Waals surface area contributed by atoms with E-state index in [1.807, 2.05) is 0 Å². The molecule has 0 aromatic heterocycles. The summed E-state index contributed by atoms with van der Waals surface area (Å²) in [5, 5.41) is 0. The third kappa shape index (κ3) is 2.62. The van der Waals surface area contributed by atoms with E-state index in [-0.39, 0.29) is 23.0 Å². The van der Waals surface area contributed by atoms with Crippen molar-refractivity contribution in [3.05, 3.63) is 35.4 Å². The van der Waals surface area contributed by atoms with Crippen LogP contribution in [0.25, 0.3) is 0 Å². The first kappa shape index (κ1) is 15.4. The molecule has 3 nitrogen and oxygen atoms in total. The van der Waals surface area contributed by atoms with E-state index in [1.54, 1.807) is 12.0 Å². The number of carbonyl (C=O) groups is 1. The lowest BCUT2D eigenvalue weighted by molar-refractivity contribution is -0.0295. The Balaban J connectivity index is 1.79. The average molecular weight is 309 g/mol. The number of ether oxygens (including phenoxy) is 1. The molecule has 3 rings (SSSR count). The fourth-order valence-corrected chi connectivity index (χ4v) is 4.09. The molecule has 0 radical (unpaired) electrons. The molecule has 0 N–H and O–H groups in total. The highest BCUT2D eigenvalue weighted by atomic mass is 19.2. The second-order valence-electron chi connectivity index (χ2n) is 6.44. The van der Waals surface area contributed by atoms with Gasteiger partial charge in [-0.3, -0.25) is 4.79 Å². The van der Waals surface area contributed by atoms with Crippen molar-refractivity contribution >= 4 is 5.91 Å². The van der Waals surface area contributed by atoms with E-state index in [4.69, 9.17) is 4.74 Å². The van der Waals surface area contributed by atoms with Gasteiger partial charge in [0.25, 0.3) is 5.91 Å². The van der Waals surface area contributed by atoms with Crippen molar-refractivity contribution in [1.29, 1.82) is 0 Å². The maximum Gasteiger partial charge on any atom is 0.253 e. The van der Waals surface area contributed by atoms with Crippen molar-refractivity contribution in [3.63, 3.8) is 0 Å². The van der Waals surface area contributed by atoms with Gasteiger partial charge in [0.05, 0.1) is 6.10 Å². The average Bonchev–Trinajstić information content (AvgIpc) is 2.91. The number of hydrogen-bond acceptors (Lipinski definition) is 2. The van der Waals surface area contributed by atoms with Crippen LogP contribution in [0, 0.1) is 17.0 Å². The number of hydrogen-bond donors (Lipinski definition) is 0. The standard InChI is InChI=1S/C17H21F2NO2/c1-22-15-4-2-7-17(15)8-3-9-20(11-17)16(21)12-5-6-13(18)14(19)10-12/h5-6,10,15H,2-4,7-9,11H2,1H3/t15-,17+/m1/s1. The summed E-state index contributed by atoms with van der Waals surface area (Å²) in [6, 6.07) is 3.35. The first-order valence-corrected chi connectivity index (χ1v) is 7.83. The summed E-state index contributed by atoms with van der Waals surface area (Å²) in [4.78, 5) is 14.4. The van der Waals surface area contributed by atoms with Crippen molar-refractivity contribution < 1.29 is 18.3 Å². The Hall–Kier alpha value is -1.49. The van der Waals surface area contributed by atoms with E-state index in [0.29, 0.717) is 13.1 Å². The molecule has 2 aliphatic rings. The lowest BCUT2D eigenvalue weighted by atomic mass is 9.76. The Kier molecular flexibility index (Phi) is 4.17. The van der Waals surface area contributed by atoms with Crippen molar-refractivity contribution in [2.45, 2.75) is 38.2 Å². The van der Waals surface area contributed by atoms with Crippen LogP contribution in [0.4, 0.5) is 8.78 Å². The Morgan fingerprint density at radius 1 is 1.27 bits per heavy atom. The van der Waals surface area contributed by atoms with Gasteiger partial charge in [-0.2, -0.15) is 0 Å². The fourth-order valence-electron chi connectivity index (χ4n) is 4.09. The molecular weight excluding hydrogens is 288 g/mol. The van der Waals surface area contributed by atoms with E-state index >= 15 is 0 Å². The van der Waals surface area contributed by atoms with Crippen LogP contribution in [0.5, 0.6) is 0 Å². The van der Waals surface area contributed by atoms with Crippen LogP contribution in [-0.4, -0.2) is 37.1 Å². The molecule has 5 heteroatoms. The first-order chi connectivity index (χ1) is 10.6. The van der Waals surface area contributed by atoms with Crippen LogP contribution in [-0.2, 0) is 4.74 Å². The van der Waals surface area contributed by atoms with Gasteiger partial charge in [0, 0.05) is 31.2 Å². The minimum Gasteiger partial charge on any atom is -0.381 e. The lowest BCUT2D eigenvalue weighted by Crippen LogP contribution is -2.49. The molecule has 1 saturated heterocycles. The van der Waals surface area contributed by atoms with Gasteiger partial charge in [-0.25, -0.2) is 8.78 Å². The highest BCUT2D eigenvalue weighted by Crippen LogP contribution is 2.46. The van der Waals surface area contributed by atoms with Crippen LogP contribution < -0.4 is 0 Å². The molecule has 1 aliphatic carbocycles. The predicted molar refractivity (Wildman–Crippen MR) is 78.6 cm³/mol. The van der Waals surface area contributed by atoms with E-state index in [0.717, 1.165) is 44.2 Å². The Bertz CT molecular complexity index is 578. The van der Waals surface area contributed by atoms with Gasteiger partial charge in [0.1, 0.15) is 0 Å². The summed E-state index contributed by atoms with van der Waals surface area (Å²) in [6.07, 6.45) is 5.39. The van der Waals surface area contributed by atoms with Crippen molar-refractivity contribution in [2.24, 2.45) is 5.41 Å². The maximum absolute atomic E-state index is 13.4. The smallest absolute Gasteiger partial charge is 0.253 e. The van der Waals surface area contributed by atoms with Crippen LogP contribution in [0.15, 0.2) is 18.2 Å². The Morgan fingerprint density at radius 2 is 2.05 bits per heavy atom. The summed E-state index contributed by atoms with van der Waals surface area (Å²) in [7, 11) is 1.73. The number of rotatable bonds is 2. The highest BCUT2D eigenvalue weighted by molar-refractivity contribution is 5.94. The van der Waals surface area contributed by atoms with Crippen LogP contribution >= 0.6 is 0 Å². The molecule has 1 aliphatic heterocycles. The van der Waals surface area contributed by atoms with Gasteiger partial charge < -0.3 is 9.64 Å². The summed E-state index contributed by atoms with van der Waals surface area (Å²) in [6.45, 7) is 1.30. The number of amides is 1. The van der Waals surface area contributed by atoms with Gasteiger partial charge in [-0.1, -0.05) is 6.42 Å². The summed E-state index contributed by atoms with van der Waals surface area (Å²) in [5.41, 5.74) is 0.240. The number of halogens is 2. The highest BCUT2D eigenvalue weighted by Gasteiger charge is 2.46. The van der Waals surface area contributed by atoms with Gasteiger partial charge in [0.2, 0.25) is 0 Å². The fraction of sp³-hybridized carbons (Fsp3) is 0.588. The minimum atomic E-state index is -0.979. The van der Waals surface area contributed by atoms with E-state index < -0.39 is 11.6 Å². The number of piperidine rings is 1. The van der Waals surface area contributed by atoms with Crippen molar-refractivity contribution in [1.82, 2.24) is 4.90 Å². The van der Waals surface area contributed by atoms with Crippen LogP contribution in [0.2, 0.25) is 0 Å². The topological polar surface area (TPSA) is 29.5 Å². The molecular formula is C17H21F2NO2. The monoisotopic (exact) mass is 309 g/mol. The summed E-state index contributed by atoms with van der Waals surface area (Å²) in [5.74, 6) is -2.13. The van der Waals surface area contributed by atoms with Crippen molar-refractivity contribution in [2.75, 3.05) is 20.2 Å². The zero-order valence-electron chi connectivity index (χ0n) is 12.8. The van der Waals surface area contributed by atoms with Crippen molar-refractivity contribution in [3.8, 4) is 0 Å². The molecule has 1 saturated carbocycles. The summed E-state index contributed by atoms with van der Waals surface area (Å²) < 4.78 is 32.0. The van der Waals surface area contributed by atoms with Crippen LogP contribution in [0.3, 0.4) is 0 Å². The third-order valence-corrected chi connectivity index (χ3v) is 5.17. The Labute approximate surface area is 129 Å². The quantitative estimate of drug-likeness (QED) is 0.838. The number of likely N-dealkylation sites (tertiary alicyclic amines) is 1. The van der Waals surface area contributed by atoms with Gasteiger partial charge >= 0.3 is 0 Å². The number of benzene rings is 1. The second-order valence-corrected chi connectivity index (χ2v) is 6.44. The second kappa shape index (κ2) is 5.95. The number of carbonyl (C=O) groups excluding carboxylic acids is 1. The SMILES string of the molecule is CO[C@@H]1CCC[C@@]12CCCN(C(=O)c1ccc(F)c(F)c1)C2. The normalized spacial score (nSPS) is 28.3. The molecule has 120 valence electrons. The molecule has 22 heavy (non-hydrogen) atoms. The molecule has 0 unspecified atom stereocenters. The van der Waals surface area contributed by atoms with E-state index in [1.165, 1.54) is 6.07 Å². The van der Waals surface area contributed by atoms with Crippen LogP contribution in [0.1, 0.15) is 42.5 Å². The van der Waals surface area contributed by atoms with E-state index in [9.17, 15) is 13.6 Å².